The highest BCUT2D eigenvalue weighted by atomic mass is 79.9. The van der Waals surface area contributed by atoms with Crippen molar-refractivity contribution in [1.82, 2.24) is 19.7 Å². The third kappa shape index (κ3) is 2.59. The summed E-state index contributed by atoms with van der Waals surface area (Å²) in [4.78, 5) is 6.66. The highest BCUT2D eigenvalue weighted by Crippen LogP contribution is 2.38. The van der Waals surface area contributed by atoms with Crippen LogP contribution in [0.3, 0.4) is 0 Å². The van der Waals surface area contributed by atoms with E-state index in [1.165, 1.54) is 0 Å². The number of nitriles is 1. The maximum atomic E-state index is 9.01. The van der Waals surface area contributed by atoms with Gasteiger partial charge in [-0.1, -0.05) is 22.9 Å². The molecule has 0 spiro atoms. The standard InChI is InChI=1S/C18H15BrN6/c1-11-10-24(17-6-3-13(8-20)9-21-17)16-7-14(19)4-5-15(16)25-12(2)22-23-18(11)25/h3-7,9,11H,10H2,1-2H3. The van der Waals surface area contributed by atoms with Crippen LogP contribution in [0.1, 0.15) is 30.1 Å². The van der Waals surface area contributed by atoms with Gasteiger partial charge in [-0.2, -0.15) is 5.26 Å². The number of fused-ring (bicyclic) bond motifs is 3. The molecule has 0 aliphatic carbocycles. The van der Waals surface area contributed by atoms with E-state index in [0.717, 1.165) is 39.9 Å². The Morgan fingerprint density at radius 2 is 2.04 bits per heavy atom. The summed E-state index contributed by atoms with van der Waals surface area (Å²) in [5.41, 5.74) is 2.60. The van der Waals surface area contributed by atoms with E-state index in [9.17, 15) is 0 Å². The summed E-state index contributed by atoms with van der Waals surface area (Å²) in [6.07, 6.45) is 1.61. The van der Waals surface area contributed by atoms with Crippen LogP contribution in [-0.2, 0) is 0 Å². The Labute approximate surface area is 153 Å². The van der Waals surface area contributed by atoms with Crippen molar-refractivity contribution in [1.29, 1.82) is 5.26 Å². The summed E-state index contributed by atoms with van der Waals surface area (Å²) in [7, 11) is 0. The van der Waals surface area contributed by atoms with Crippen molar-refractivity contribution in [3.8, 4) is 11.8 Å². The molecule has 1 atom stereocenters. The molecule has 1 aromatic carbocycles. The highest BCUT2D eigenvalue weighted by Gasteiger charge is 2.28. The van der Waals surface area contributed by atoms with Gasteiger partial charge in [-0.15, -0.1) is 10.2 Å². The first kappa shape index (κ1) is 15.8. The second-order valence-corrected chi connectivity index (χ2v) is 7.02. The first-order valence-corrected chi connectivity index (χ1v) is 8.73. The summed E-state index contributed by atoms with van der Waals surface area (Å²) in [6, 6.07) is 11.9. The van der Waals surface area contributed by atoms with Crippen LogP contribution in [0.4, 0.5) is 11.5 Å². The van der Waals surface area contributed by atoms with Gasteiger partial charge in [-0.05, 0) is 37.3 Å². The second kappa shape index (κ2) is 5.97. The number of aromatic nitrogens is 4. The summed E-state index contributed by atoms with van der Waals surface area (Å²) in [6.45, 7) is 4.82. The van der Waals surface area contributed by atoms with E-state index in [0.29, 0.717) is 5.56 Å². The largest absolute Gasteiger partial charge is 0.324 e. The van der Waals surface area contributed by atoms with Crippen LogP contribution in [-0.4, -0.2) is 26.3 Å². The minimum absolute atomic E-state index is 0.171. The molecule has 4 rings (SSSR count). The Kier molecular flexibility index (Phi) is 3.77. The topological polar surface area (TPSA) is 70.6 Å². The highest BCUT2D eigenvalue weighted by molar-refractivity contribution is 9.10. The van der Waals surface area contributed by atoms with Gasteiger partial charge in [-0.25, -0.2) is 4.98 Å². The molecular formula is C18H15BrN6. The maximum Gasteiger partial charge on any atom is 0.142 e. The molecule has 0 saturated heterocycles. The fourth-order valence-electron chi connectivity index (χ4n) is 3.18. The number of benzene rings is 1. The van der Waals surface area contributed by atoms with Crippen LogP contribution >= 0.6 is 15.9 Å². The van der Waals surface area contributed by atoms with E-state index in [4.69, 9.17) is 5.26 Å². The average molecular weight is 395 g/mol. The lowest BCUT2D eigenvalue weighted by Crippen LogP contribution is -2.22. The molecule has 6 nitrogen and oxygen atoms in total. The Morgan fingerprint density at radius 3 is 2.76 bits per heavy atom. The van der Waals surface area contributed by atoms with Crippen LogP contribution in [0.15, 0.2) is 41.0 Å². The minimum Gasteiger partial charge on any atom is -0.324 e. The van der Waals surface area contributed by atoms with Gasteiger partial charge in [0.05, 0.1) is 16.9 Å². The minimum atomic E-state index is 0.171. The van der Waals surface area contributed by atoms with Crippen molar-refractivity contribution in [3.05, 3.63) is 58.2 Å². The predicted molar refractivity (Wildman–Crippen MR) is 98.2 cm³/mol. The Balaban J connectivity index is 1.93. The number of anilines is 2. The molecule has 0 fully saturated rings. The van der Waals surface area contributed by atoms with Gasteiger partial charge >= 0.3 is 0 Å². The summed E-state index contributed by atoms with van der Waals surface area (Å²) in [5.74, 6) is 2.78. The summed E-state index contributed by atoms with van der Waals surface area (Å²) < 4.78 is 3.10. The van der Waals surface area contributed by atoms with Crippen molar-refractivity contribution < 1.29 is 0 Å². The summed E-state index contributed by atoms with van der Waals surface area (Å²) in [5, 5.41) is 17.7. The van der Waals surface area contributed by atoms with Gasteiger partial charge in [0.2, 0.25) is 0 Å². The number of hydrogen-bond donors (Lipinski definition) is 0. The molecule has 3 aromatic rings. The molecule has 0 N–H and O–H groups in total. The zero-order chi connectivity index (χ0) is 17.6. The molecule has 0 radical (unpaired) electrons. The second-order valence-electron chi connectivity index (χ2n) is 6.10. The monoisotopic (exact) mass is 394 g/mol. The van der Waals surface area contributed by atoms with Crippen LogP contribution in [0.2, 0.25) is 0 Å². The quantitative estimate of drug-likeness (QED) is 0.626. The van der Waals surface area contributed by atoms with Gasteiger partial charge in [0.25, 0.3) is 0 Å². The fourth-order valence-corrected chi connectivity index (χ4v) is 3.53. The number of rotatable bonds is 1. The molecule has 0 amide bonds. The van der Waals surface area contributed by atoms with E-state index < -0.39 is 0 Å². The Hall–Kier alpha value is -2.72. The molecule has 0 saturated carbocycles. The van der Waals surface area contributed by atoms with Gasteiger partial charge in [0.1, 0.15) is 23.5 Å². The number of aryl methyl sites for hydroxylation is 1. The van der Waals surface area contributed by atoms with Crippen molar-refractivity contribution in [2.75, 3.05) is 11.4 Å². The maximum absolute atomic E-state index is 9.01. The average Bonchev–Trinajstić information content (AvgIpc) is 2.95. The number of halogens is 1. The zero-order valence-electron chi connectivity index (χ0n) is 13.8. The number of nitrogens with zero attached hydrogens (tertiary/aromatic N) is 6. The third-order valence-electron chi connectivity index (χ3n) is 4.37. The normalized spacial score (nSPS) is 15.9. The molecule has 1 aliphatic heterocycles. The lowest BCUT2D eigenvalue weighted by atomic mass is 10.1. The zero-order valence-corrected chi connectivity index (χ0v) is 15.4. The first-order chi connectivity index (χ1) is 12.1. The van der Waals surface area contributed by atoms with Gasteiger partial charge in [0, 0.05) is 23.1 Å². The lowest BCUT2D eigenvalue weighted by molar-refractivity contribution is 0.693. The van der Waals surface area contributed by atoms with Gasteiger partial charge < -0.3 is 4.90 Å². The van der Waals surface area contributed by atoms with E-state index in [1.807, 2.05) is 19.1 Å². The lowest BCUT2D eigenvalue weighted by Gasteiger charge is -2.25. The molecule has 3 heterocycles. The molecule has 2 aromatic heterocycles. The fraction of sp³-hybridized carbons (Fsp3) is 0.222. The van der Waals surface area contributed by atoms with Crippen molar-refractivity contribution in [3.63, 3.8) is 0 Å². The van der Waals surface area contributed by atoms with Crippen molar-refractivity contribution in [2.24, 2.45) is 0 Å². The molecule has 0 bridgehead atoms. The van der Waals surface area contributed by atoms with E-state index in [1.54, 1.807) is 12.3 Å². The first-order valence-electron chi connectivity index (χ1n) is 7.94. The Morgan fingerprint density at radius 1 is 1.20 bits per heavy atom. The van der Waals surface area contributed by atoms with Crippen molar-refractivity contribution >= 4 is 27.4 Å². The third-order valence-corrected chi connectivity index (χ3v) is 4.86. The molecule has 124 valence electrons. The molecule has 1 unspecified atom stereocenters. The predicted octanol–water partition coefficient (Wildman–Crippen LogP) is 3.86. The molecule has 1 aliphatic rings. The van der Waals surface area contributed by atoms with Crippen LogP contribution < -0.4 is 4.90 Å². The molecule has 7 heteroatoms. The molecular weight excluding hydrogens is 380 g/mol. The smallest absolute Gasteiger partial charge is 0.142 e. The van der Waals surface area contributed by atoms with Crippen LogP contribution in [0.25, 0.3) is 5.69 Å². The molecule has 25 heavy (non-hydrogen) atoms. The van der Waals surface area contributed by atoms with Crippen LogP contribution in [0, 0.1) is 18.3 Å². The van der Waals surface area contributed by atoms with E-state index in [2.05, 4.69) is 65.7 Å². The SMILES string of the molecule is Cc1nnc2n1-c1ccc(Br)cc1N(c1ccc(C#N)cn1)CC2C. The van der Waals surface area contributed by atoms with Crippen molar-refractivity contribution in [2.45, 2.75) is 19.8 Å². The van der Waals surface area contributed by atoms with Crippen LogP contribution in [0.5, 0.6) is 0 Å². The van der Waals surface area contributed by atoms with Gasteiger partial charge in [0.15, 0.2) is 0 Å². The Bertz CT molecular complexity index is 986. The number of pyridine rings is 1. The number of hydrogen-bond acceptors (Lipinski definition) is 5. The van der Waals surface area contributed by atoms with E-state index >= 15 is 0 Å². The summed E-state index contributed by atoms with van der Waals surface area (Å²) >= 11 is 3.57. The van der Waals surface area contributed by atoms with E-state index in [-0.39, 0.29) is 5.92 Å². The van der Waals surface area contributed by atoms with Gasteiger partial charge in [-0.3, -0.25) is 4.57 Å².